The average molecular weight is 649 g/mol. The average Bonchev–Trinajstić information content (AvgIpc) is 2.97. The number of urea groups is 1. The van der Waals surface area contributed by atoms with E-state index in [1.165, 1.54) is 13.0 Å². The summed E-state index contributed by atoms with van der Waals surface area (Å²) in [5, 5.41) is 44.3. The molecule has 2 atom stereocenters. The zero-order chi connectivity index (χ0) is 33.2. The van der Waals surface area contributed by atoms with Crippen LogP contribution in [0.4, 0.5) is 9.18 Å². The van der Waals surface area contributed by atoms with Crippen molar-refractivity contribution in [3.63, 3.8) is 0 Å². The Hall–Kier alpha value is -4.90. The van der Waals surface area contributed by atoms with Crippen molar-refractivity contribution in [2.45, 2.75) is 31.6 Å². The number of aromatic hydroxyl groups is 2. The van der Waals surface area contributed by atoms with Crippen molar-refractivity contribution >= 4 is 54.2 Å². The molecule has 0 saturated carbocycles. The summed E-state index contributed by atoms with van der Waals surface area (Å²) in [6.45, 7) is 1.04. The summed E-state index contributed by atoms with van der Waals surface area (Å²) >= 11 is 6.20. The first-order valence-electron chi connectivity index (χ1n) is 13.5. The molecular formula is C27H27BClFN4O11. The summed E-state index contributed by atoms with van der Waals surface area (Å²) < 4.78 is 19.4. The molecule has 0 aliphatic carbocycles. The number of nitrogens with one attached hydrogen (secondary N) is 2. The van der Waals surface area contributed by atoms with E-state index in [1.807, 2.05) is 0 Å². The lowest BCUT2D eigenvalue weighted by atomic mass is 9.64. The number of hydrogen-bond acceptors (Lipinski definition) is 10. The number of phenols is 2. The van der Waals surface area contributed by atoms with Crippen molar-refractivity contribution in [2.24, 2.45) is 0 Å². The van der Waals surface area contributed by atoms with Gasteiger partial charge in [-0.1, -0.05) is 23.7 Å². The van der Waals surface area contributed by atoms with Gasteiger partial charge in [-0.05, 0) is 24.1 Å². The number of fused-ring (bicyclic) bond motifs is 1. The highest BCUT2D eigenvalue weighted by atomic mass is 35.5. The van der Waals surface area contributed by atoms with Crippen LogP contribution in [0.25, 0.3) is 0 Å². The second-order valence-corrected chi connectivity index (χ2v) is 10.7. The molecule has 0 radical (unpaired) electrons. The van der Waals surface area contributed by atoms with Crippen LogP contribution in [0.2, 0.25) is 10.8 Å². The Labute approximate surface area is 259 Å². The molecule has 1 saturated heterocycles. The lowest BCUT2D eigenvalue weighted by Gasteiger charge is -2.33. The van der Waals surface area contributed by atoms with E-state index in [9.17, 15) is 53.5 Å². The van der Waals surface area contributed by atoms with Gasteiger partial charge in [0.2, 0.25) is 5.91 Å². The predicted octanol–water partition coefficient (Wildman–Crippen LogP) is 0.591. The van der Waals surface area contributed by atoms with Gasteiger partial charge >= 0.3 is 30.9 Å². The Morgan fingerprint density at radius 3 is 2.51 bits per heavy atom. The smallest absolute Gasteiger partial charge is 0.526 e. The Morgan fingerprint density at radius 1 is 1.13 bits per heavy atom. The third kappa shape index (κ3) is 6.94. The van der Waals surface area contributed by atoms with Gasteiger partial charge in [0.05, 0.1) is 5.02 Å². The quantitative estimate of drug-likeness (QED) is 0.125. The van der Waals surface area contributed by atoms with Gasteiger partial charge < -0.3 is 40.5 Å². The topological polar surface area (TPSA) is 223 Å². The Morgan fingerprint density at radius 2 is 1.84 bits per heavy atom. The number of carboxylic acid groups (broad SMARTS) is 1. The predicted molar refractivity (Wildman–Crippen MR) is 152 cm³/mol. The lowest BCUT2D eigenvalue weighted by Crippen LogP contribution is -2.59. The second-order valence-electron chi connectivity index (χ2n) is 10.3. The summed E-state index contributed by atoms with van der Waals surface area (Å²) in [6.07, 6.45) is -0.668. The van der Waals surface area contributed by atoms with Crippen molar-refractivity contribution in [3.05, 3.63) is 51.8 Å². The maximum atomic E-state index is 14.1. The van der Waals surface area contributed by atoms with Gasteiger partial charge in [0.15, 0.2) is 17.3 Å². The molecule has 2 heterocycles. The van der Waals surface area contributed by atoms with E-state index in [1.54, 1.807) is 0 Å². The number of Topliss-reactive ketones (excluding diaryl/α,β-unsaturated/α-hetero) is 1. The molecule has 238 valence electrons. The highest BCUT2D eigenvalue weighted by Crippen LogP contribution is 2.41. The number of amides is 5. The number of hydrogen-bond donors (Lipinski definition) is 6. The largest absolute Gasteiger partial charge is 0.535 e. The standard InChI is InChI=1S/C27H27BClFN4O11/c1-12(35)31-6-7-33-8-9-34(25(40)24(33)39)27(43)32-21(15-3-5-17(36)22(38)20(15)29)18(37)11-14-10-13-2-4-16(30)19(26(41)42)23(13)45-28(14)44/h2-5,14,21,36,38,44H,6-11H2,1H3,(H,31,35)(H,32,43)(H,41,42)/t14-,21?/m1/s1. The number of carbonyl (C=O) groups is 6. The molecular weight excluding hydrogens is 622 g/mol. The Bertz CT molecular complexity index is 1590. The van der Waals surface area contributed by atoms with Crippen LogP contribution in [-0.4, -0.2) is 98.9 Å². The molecule has 2 aromatic rings. The molecule has 1 fully saturated rings. The Kier molecular flexibility index (Phi) is 9.83. The maximum Gasteiger partial charge on any atom is 0.526 e. The number of rotatable bonds is 9. The van der Waals surface area contributed by atoms with Crippen molar-refractivity contribution in [3.8, 4) is 17.2 Å². The number of imide groups is 1. The van der Waals surface area contributed by atoms with E-state index in [0.717, 1.165) is 23.1 Å². The summed E-state index contributed by atoms with van der Waals surface area (Å²) in [4.78, 5) is 76.7. The minimum Gasteiger partial charge on any atom is -0.535 e. The van der Waals surface area contributed by atoms with Crippen LogP contribution in [0.5, 0.6) is 17.2 Å². The SMILES string of the molecule is CC(=O)NCCN1CCN(C(=O)NC(C(=O)C[C@H]2Cc3ccc(F)c(C(=O)O)c3OB2O)c2ccc(O)c(O)c2Cl)C(=O)C1=O. The summed E-state index contributed by atoms with van der Waals surface area (Å²) in [7, 11) is -1.77. The van der Waals surface area contributed by atoms with Crippen molar-refractivity contribution in [2.75, 3.05) is 26.2 Å². The monoisotopic (exact) mass is 648 g/mol. The minimum atomic E-state index is -1.77. The molecule has 5 amide bonds. The third-order valence-corrected chi connectivity index (χ3v) is 7.72. The lowest BCUT2D eigenvalue weighted by molar-refractivity contribution is -0.153. The van der Waals surface area contributed by atoms with E-state index in [0.29, 0.717) is 4.90 Å². The highest BCUT2D eigenvalue weighted by Gasteiger charge is 2.42. The van der Waals surface area contributed by atoms with E-state index in [2.05, 4.69) is 10.6 Å². The van der Waals surface area contributed by atoms with Gasteiger partial charge in [-0.3, -0.25) is 24.1 Å². The number of benzene rings is 2. The van der Waals surface area contributed by atoms with E-state index < -0.39 is 88.6 Å². The van der Waals surface area contributed by atoms with Crippen molar-refractivity contribution < 1.29 is 58.2 Å². The van der Waals surface area contributed by atoms with Crippen LogP contribution < -0.4 is 15.3 Å². The van der Waals surface area contributed by atoms with E-state index in [-0.39, 0.29) is 49.6 Å². The number of carboxylic acids is 1. The van der Waals surface area contributed by atoms with Gasteiger partial charge in [0.25, 0.3) is 0 Å². The van der Waals surface area contributed by atoms with Crippen LogP contribution in [0.3, 0.4) is 0 Å². The first-order valence-corrected chi connectivity index (χ1v) is 13.9. The van der Waals surface area contributed by atoms with E-state index in [4.69, 9.17) is 16.3 Å². The zero-order valence-electron chi connectivity index (χ0n) is 23.6. The van der Waals surface area contributed by atoms with Gasteiger partial charge in [0, 0.05) is 50.9 Å². The molecule has 2 aromatic carbocycles. The maximum absolute atomic E-state index is 14.1. The molecule has 18 heteroatoms. The molecule has 0 spiro atoms. The molecule has 2 aliphatic heterocycles. The number of nitrogens with zero attached hydrogens (tertiary/aromatic N) is 2. The van der Waals surface area contributed by atoms with Gasteiger partial charge in [-0.25, -0.2) is 14.0 Å². The van der Waals surface area contributed by atoms with Gasteiger partial charge in [0.1, 0.15) is 23.2 Å². The number of carbonyl (C=O) groups excluding carboxylic acids is 5. The number of aromatic carboxylic acids is 1. The minimum absolute atomic E-state index is 0.0125. The van der Waals surface area contributed by atoms with Crippen LogP contribution in [-0.2, 0) is 25.6 Å². The van der Waals surface area contributed by atoms with Crippen molar-refractivity contribution in [1.29, 1.82) is 0 Å². The number of piperazine rings is 1. The number of halogens is 2. The van der Waals surface area contributed by atoms with Crippen LogP contribution >= 0.6 is 11.6 Å². The Balaban J connectivity index is 1.56. The summed E-state index contributed by atoms with van der Waals surface area (Å²) in [5.74, 6) is -8.97. The fraction of sp³-hybridized carbons (Fsp3) is 0.333. The number of phenolic OH excluding ortho intramolecular Hbond substituents is 2. The van der Waals surface area contributed by atoms with Crippen LogP contribution in [0.1, 0.15) is 40.9 Å². The summed E-state index contributed by atoms with van der Waals surface area (Å²) in [5.41, 5.74) is -0.791. The molecule has 4 rings (SSSR count). The summed E-state index contributed by atoms with van der Waals surface area (Å²) in [6, 6.07) is 1.44. The number of ketones is 1. The van der Waals surface area contributed by atoms with Crippen LogP contribution in [0.15, 0.2) is 24.3 Å². The zero-order valence-corrected chi connectivity index (χ0v) is 24.3. The van der Waals surface area contributed by atoms with Crippen molar-refractivity contribution in [1.82, 2.24) is 20.4 Å². The normalized spacial score (nSPS) is 16.9. The molecule has 45 heavy (non-hydrogen) atoms. The highest BCUT2D eigenvalue weighted by molar-refractivity contribution is 6.47. The first kappa shape index (κ1) is 33.0. The molecule has 0 bridgehead atoms. The molecule has 2 aliphatic rings. The molecule has 1 unspecified atom stereocenters. The molecule has 0 aromatic heterocycles. The van der Waals surface area contributed by atoms with E-state index >= 15 is 0 Å². The third-order valence-electron chi connectivity index (χ3n) is 7.32. The molecule has 6 N–H and O–H groups in total. The first-order chi connectivity index (χ1) is 21.2. The van der Waals surface area contributed by atoms with Gasteiger partial charge in [-0.2, -0.15) is 0 Å². The fourth-order valence-corrected chi connectivity index (χ4v) is 5.29. The molecule has 15 nitrogen and oxygen atoms in total. The fourth-order valence-electron chi connectivity index (χ4n) is 5.02. The second kappa shape index (κ2) is 13.4. The van der Waals surface area contributed by atoms with Gasteiger partial charge in [-0.15, -0.1) is 0 Å². The van der Waals surface area contributed by atoms with Crippen LogP contribution in [0, 0.1) is 5.82 Å².